The van der Waals surface area contributed by atoms with Gasteiger partial charge >= 0.3 is 0 Å². The van der Waals surface area contributed by atoms with Crippen molar-refractivity contribution >= 4 is 5.91 Å². The summed E-state index contributed by atoms with van der Waals surface area (Å²) in [5.74, 6) is 2.46. The number of aryl methyl sites for hydroxylation is 2. The number of amides is 1. The molecule has 4 rings (SSSR count). The minimum atomic E-state index is -0.0877. The molecule has 1 aromatic carbocycles. The topological polar surface area (TPSA) is 103 Å². The molecule has 2 aromatic heterocycles. The fraction of sp³-hybridized carbons (Fsp3) is 0.435. The minimum absolute atomic E-state index is 0.0359. The zero-order valence-electron chi connectivity index (χ0n) is 17.9. The van der Waals surface area contributed by atoms with Crippen molar-refractivity contribution in [3.8, 4) is 17.3 Å². The number of hydrogen-bond donors (Lipinski definition) is 1. The van der Waals surface area contributed by atoms with Gasteiger partial charge in [-0.05, 0) is 56.6 Å². The average molecular weight is 422 g/mol. The fourth-order valence-electron chi connectivity index (χ4n) is 4.00. The van der Waals surface area contributed by atoms with Crippen LogP contribution in [0.25, 0.3) is 11.6 Å². The highest BCUT2D eigenvalue weighted by atomic mass is 16.5. The molecule has 8 nitrogen and oxygen atoms in total. The van der Waals surface area contributed by atoms with E-state index in [0.29, 0.717) is 29.9 Å². The van der Waals surface area contributed by atoms with E-state index in [1.165, 1.54) is 0 Å². The molecule has 1 N–H and O–H groups in total. The molecule has 2 heterocycles. The molecule has 1 amide bonds. The van der Waals surface area contributed by atoms with Crippen LogP contribution in [-0.4, -0.2) is 39.2 Å². The first-order valence-electron chi connectivity index (χ1n) is 10.7. The lowest BCUT2D eigenvalue weighted by Crippen LogP contribution is -2.34. The van der Waals surface area contributed by atoms with Crippen molar-refractivity contribution in [2.75, 3.05) is 13.2 Å². The van der Waals surface area contributed by atoms with Crippen LogP contribution in [-0.2, 0) is 4.79 Å². The van der Waals surface area contributed by atoms with Gasteiger partial charge < -0.3 is 14.5 Å². The number of hydrogen-bond acceptors (Lipinski definition) is 7. The molecule has 162 valence electrons. The van der Waals surface area contributed by atoms with Gasteiger partial charge in [0.2, 0.25) is 5.89 Å². The summed E-state index contributed by atoms with van der Waals surface area (Å²) in [6.07, 6.45) is 8.75. The maximum Gasteiger partial charge on any atom is 0.267 e. The standard InChI is InChI=1S/C23H27N5O3/c1-15-4-3-5-16(2)21(15)30-14-20(29)26-12-17-6-8-18(9-7-17)22-27-28-23(31-22)19-13-24-10-11-25-19/h3-5,10-11,13,17-18H,6-9,12,14H2,1-2H3,(H,26,29). The number of benzene rings is 1. The summed E-state index contributed by atoms with van der Waals surface area (Å²) in [6, 6.07) is 5.95. The van der Waals surface area contributed by atoms with Crippen LogP contribution in [0.4, 0.5) is 0 Å². The van der Waals surface area contributed by atoms with Crippen molar-refractivity contribution in [1.29, 1.82) is 0 Å². The Morgan fingerprint density at radius 2 is 1.90 bits per heavy atom. The highest BCUT2D eigenvalue weighted by Gasteiger charge is 2.27. The van der Waals surface area contributed by atoms with E-state index < -0.39 is 0 Å². The molecule has 8 heteroatoms. The highest BCUT2D eigenvalue weighted by molar-refractivity contribution is 5.77. The molecule has 1 fully saturated rings. The monoisotopic (exact) mass is 421 g/mol. The van der Waals surface area contributed by atoms with E-state index in [9.17, 15) is 4.79 Å². The second-order valence-electron chi connectivity index (χ2n) is 8.07. The van der Waals surface area contributed by atoms with E-state index in [2.05, 4.69) is 25.5 Å². The predicted molar refractivity (Wildman–Crippen MR) is 114 cm³/mol. The Kier molecular flexibility index (Phi) is 6.54. The molecule has 3 aromatic rings. The summed E-state index contributed by atoms with van der Waals surface area (Å²) in [4.78, 5) is 20.5. The molecule has 1 saturated carbocycles. The Labute approximate surface area is 181 Å². The molecule has 0 radical (unpaired) electrons. The van der Waals surface area contributed by atoms with Crippen LogP contribution in [0.3, 0.4) is 0 Å². The summed E-state index contributed by atoms with van der Waals surface area (Å²) in [6.45, 7) is 4.67. The maximum absolute atomic E-state index is 12.2. The van der Waals surface area contributed by atoms with Crippen LogP contribution in [0, 0.1) is 19.8 Å². The first kappa shape index (κ1) is 21.0. The third-order valence-corrected chi connectivity index (χ3v) is 5.76. The van der Waals surface area contributed by atoms with Crippen molar-refractivity contribution < 1.29 is 13.9 Å². The predicted octanol–water partition coefficient (Wildman–Crippen LogP) is 3.61. The number of rotatable bonds is 7. The van der Waals surface area contributed by atoms with Crippen molar-refractivity contribution in [2.24, 2.45) is 5.92 Å². The lowest BCUT2D eigenvalue weighted by molar-refractivity contribution is -0.123. The summed E-state index contributed by atoms with van der Waals surface area (Å²) >= 11 is 0. The lowest BCUT2D eigenvalue weighted by Gasteiger charge is -2.26. The van der Waals surface area contributed by atoms with Crippen LogP contribution in [0.2, 0.25) is 0 Å². The van der Waals surface area contributed by atoms with Gasteiger partial charge in [-0.25, -0.2) is 4.98 Å². The van der Waals surface area contributed by atoms with E-state index in [-0.39, 0.29) is 18.4 Å². The molecule has 0 bridgehead atoms. The van der Waals surface area contributed by atoms with Gasteiger partial charge in [-0.15, -0.1) is 10.2 Å². The number of para-hydroxylation sites is 1. The molecule has 0 unspecified atom stereocenters. The highest BCUT2D eigenvalue weighted by Crippen LogP contribution is 2.35. The molecule has 31 heavy (non-hydrogen) atoms. The number of carbonyl (C=O) groups excluding carboxylic acids is 1. The van der Waals surface area contributed by atoms with Crippen molar-refractivity contribution in [2.45, 2.75) is 45.4 Å². The normalized spacial score (nSPS) is 18.5. The fourth-order valence-corrected chi connectivity index (χ4v) is 4.00. The Balaban J connectivity index is 1.21. The number of nitrogens with zero attached hydrogens (tertiary/aromatic N) is 4. The second kappa shape index (κ2) is 9.68. The Morgan fingerprint density at radius 1 is 1.13 bits per heavy atom. The van der Waals surface area contributed by atoms with Gasteiger partial charge in [-0.3, -0.25) is 9.78 Å². The van der Waals surface area contributed by atoms with Crippen LogP contribution in [0.15, 0.2) is 41.2 Å². The third-order valence-electron chi connectivity index (χ3n) is 5.76. The van der Waals surface area contributed by atoms with Crippen molar-refractivity contribution in [3.05, 3.63) is 53.8 Å². The van der Waals surface area contributed by atoms with E-state index >= 15 is 0 Å². The molecular weight excluding hydrogens is 394 g/mol. The van der Waals surface area contributed by atoms with E-state index in [4.69, 9.17) is 9.15 Å². The van der Waals surface area contributed by atoms with Crippen LogP contribution in [0.1, 0.15) is 48.6 Å². The van der Waals surface area contributed by atoms with Gasteiger partial charge in [-0.2, -0.15) is 0 Å². The number of aromatic nitrogens is 4. The van der Waals surface area contributed by atoms with E-state index in [1.54, 1.807) is 18.6 Å². The largest absolute Gasteiger partial charge is 0.483 e. The molecule has 0 atom stereocenters. The van der Waals surface area contributed by atoms with Gasteiger partial charge in [0.05, 0.1) is 6.20 Å². The Morgan fingerprint density at radius 3 is 2.61 bits per heavy atom. The SMILES string of the molecule is Cc1cccc(C)c1OCC(=O)NCC1CCC(c2nnc(-c3cnccn3)o2)CC1. The quantitative estimate of drug-likeness (QED) is 0.621. The molecular formula is C23H27N5O3. The third kappa shape index (κ3) is 5.25. The van der Waals surface area contributed by atoms with Gasteiger partial charge in [-0.1, -0.05) is 18.2 Å². The van der Waals surface area contributed by atoms with Crippen molar-refractivity contribution in [1.82, 2.24) is 25.5 Å². The number of carbonyl (C=O) groups is 1. The Hall–Kier alpha value is -3.29. The zero-order chi connectivity index (χ0) is 21.6. The summed E-state index contributed by atoms with van der Waals surface area (Å²) in [7, 11) is 0. The smallest absolute Gasteiger partial charge is 0.267 e. The number of ether oxygens (including phenoxy) is 1. The molecule has 1 aliphatic rings. The first-order chi connectivity index (χ1) is 15.1. The van der Waals surface area contributed by atoms with Crippen LogP contribution >= 0.6 is 0 Å². The first-order valence-corrected chi connectivity index (χ1v) is 10.7. The lowest BCUT2D eigenvalue weighted by atomic mass is 9.82. The zero-order valence-corrected chi connectivity index (χ0v) is 17.9. The van der Waals surface area contributed by atoms with E-state index in [1.807, 2.05) is 32.0 Å². The van der Waals surface area contributed by atoms with Crippen LogP contribution in [0.5, 0.6) is 5.75 Å². The molecule has 0 aliphatic heterocycles. The average Bonchev–Trinajstić information content (AvgIpc) is 3.29. The van der Waals surface area contributed by atoms with Gasteiger partial charge in [0.1, 0.15) is 11.4 Å². The summed E-state index contributed by atoms with van der Waals surface area (Å²) in [5, 5.41) is 11.3. The molecule has 1 aliphatic carbocycles. The Bertz CT molecular complexity index is 993. The van der Waals surface area contributed by atoms with E-state index in [0.717, 1.165) is 42.6 Å². The van der Waals surface area contributed by atoms with Crippen molar-refractivity contribution in [3.63, 3.8) is 0 Å². The maximum atomic E-state index is 12.2. The molecule has 0 saturated heterocycles. The molecule has 0 spiro atoms. The summed E-state index contributed by atoms with van der Waals surface area (Å²) < 4.78 is 11.6. The minimum Gasteiger partial charge on any atom is -0.483 e. The number of nitrogens with one attached hydrogen (secondary N) is 1. The summed E-state index contributed by atoms with van der Waals surface area (Å²) in [5.41, 5.74) is 2.66. The van der Waals surface area contributed by atoms with Gasteiger partial charge in [0.25, 0.3) is 11.8 Å². The van der Waals surface area contributed by atoms with Gasteiger partial charge in [0, 0.05) is 24.9 Å². The second-order valence-corrected chi connectivity index (χ2v) is 8.07. The van der Waals surface area contributed by atoms with Gasteiger partial charge in [0.15, 0.2) is 6.61 Å². The van der Waals surface area contributed by atoms with Crippen LogP contribution < -0.4 is 10.1 Å².